The van der Waals surface area contributed by atoms with Crippen LogP contribution >= 0.6 is 0 Å². The van der Waals surface area contributed by atoms with Crippen molar-refractivity contribution in [2.45, 2.75) is 70.1 Å². The van der Waals surface area contributed by atoms with Crippen molar-refractivity contribution in [1.29, 1.82) is 0 Å². The fraction of sp³-hybridized carbons (Fsp3) is 0.371. The standard InChI is InChI=1S/C35H38F6N2O4/c1-32(2,25-21-23(34(36,37)38)12-14-27(25)42-19-16-30(44)45)18-10-8-6-5-7-9-11-29-33(3,4)26-22-24(35(39,40)41)13-15-28(26)43(29)20-17-31(46)47/h5-15,21-22,42H,16-20H2,1-4H3,(H,44,45)(H,46,47). The minimum atomic E-state index is -4.54. The lowest BCUT2D eigenvalue weighted by molar-refractivity contribution is -0.138. The Morgan fingerprint density at radius 1 is 0.830 bits per heavy atom. The third-order valence-corrected chi connectivity index (χ3v) is 7.96. The molecule has 1 heterocycles. The summed E-state index contributed by atoms with van der Waals surface area (Å²) in [4.78, 5) is 23.9. The molecular weight excluding hydrogens is 626 g/mol. The van der Waals surface area contributed by atoms with Crippen LogP contribution in [0.3, 0.4) is 0 Å². The predicted molar refractivity (Wildman–Crippen MR) is 169 cm³/mol. The number of halogens is 6. The molecule has 0 saturated carbocycles. The molecule has 2 aromatic carbocycles. The van der Waals surface area contributed by atoms with E-state index in [2.05, 4.69) is 5.32 Å². The van der Waals surface area contributed by atoms with Crippen LogP contribution in [0.5, 0.6) is 0 Å². The highest BCUT2D eigenvalue weighted by Gasteiger charge is 2.42. The first-order chi connectivity index (χ1) is 21.7. The van der Waals surface area contributed by atoms with Gasteiger partial charge in [0.15, 0.2) is 0 Å². The van der Waals surface area contributed by atoms with Crippen molar-refractivity contribution in [3.05, 3.63) is 107 Å². The molecule has 6 nitrogen and oxygen atoms in total. The van der Waals surface area contributed by atoms with Gasteiger partial charge in [0.25, 0.3) is 0 Å². The van der Waals surface area contributed by atoms with E-state index in [-0.39, 0.29) is 25.9 Å². The molecule has 0 unspecified atom stereocenters. The summed E-state index contributed by atoms with van der Waals surface area (Å²) in [5, 5.41) is 21.1. The monoisotopic (exact) mass is 664 g/mol. The van der Waals surface area contributed by atoms with Gasteiger partial charge in [-0.1, -0.05) is 64.2 Å². The number of carboxylic acid groups (broad SMARTS) is 2. The quantitative estimate of drug-likeness (QED) is 0.146. The van der Waals surface area contributed by atoms with Gasteiger partial charge in [0.05, 0.1) is 24.0 Å². The van der Waals surface area contributed by atoms with Gasteiger partial charge in [-0.15, -0.1) is 0 Å². The maximum Gasteiger partial charge on any atom is 0.416 e. The molecule has 3 N–H and O–H groups in total. The molecular formula is C35H38F6N2O4. The Hall–Kier alpha value is -4.48. The first-order valence-electron chi connectivity index (χ1n) is 14.8. The second-order valence-corrected chi connectivity index (χ2v) is 12.3. The van der Waals surface area contributed by atoms with Crippen LogP contribution < -0.4 is 10.2 Å². The molecule has 0 aromatic heterocycles. The highest BCUT2D eigenvalue weighted by atomic mass is 19.4. The van der Waals surface area contributed by atoms with Crippen LogP contribution in [-0.4, -0.2) is 35.2 Å². The highest BCUT2D eigenvalue weighted by Crippen LogP contribution is 2.49. The van der Waals surface area contributed by atoms with Gasteiger partial charge in [-0.2, -0.15) is 26.3 Å². The number of anilines is 2. The van der Waals surface area contributed by atoms with Crippen LogP contribution in [-0.2, 0) is 32.8 Å². The first kappa shape index (κ1) is 37.0. The van der Waals surface area contributed by atoms with Crippen molar-refractivity contribution < 1.29 is 46.1 Å². The largest absolute Gasteiger partial charge is 0.481 e. The summed E-state index contributed by atoms with van der Waals surface area (Å²) in [6.07, 6.45) is 3.00. The topological polar surface area (TPSA) is 89.9 Å². The summed E-state index contributed by atoms with van der Waals surface area (Å²) in [6.45, 7) is 7.28. The number of nitrogens with one attached hydrogen (secondary N) is 1. The Morgan fingerprint density at radius 3 is 2.02 bits per heavy atom. The Morgan fingerprint density at radius 2 is 1.40 bits per heavy atom. The molecule has 0 atom stereocenters. The first-order valence-corrected chi connectivity index (χ1v) is 14.8. The number of rotatable bonds is 13. The second kappa shape index (κ2) is 14.5. The second-order valence-electron chi connectivity index (χ2n) is 12.3. The number of carboxylic acids is 2. The van der Waals surface area contributed by atoms with Crippen LogP contribution in [0.4, 0.5) is 37.7 Å². The Balaban J connectivity index is 1.77. The highest BCUT2D eigenvalue weighted by molar-refractivity contribution is 5.74. The molecule has 12 heteroatoms. The summed E-state index contributed by atoms with van der Waals surface area (Å²) >= 11 is 0. The van der Waals surface area contributed by atoms with E-state index >= 15 is 0 Å². The Labute approximate surface area is 269 Å². The number of alkyl halides is 6. The van der Waals surface area contributed by atoms with E-state index in [1.165, 1.54) is 12.1 Å². The maximum absolute atomic E-state index is 13.5. The van der Waals surface area contributed by atoms with Crippen molar-refractivity contribution in [1.82, 2.24) is 0 Å². The van der Waals surface area contributed by atoms with Gasteiger partial charge in [0.2, 0.25) is 0 Å². The molecule has 254 valence electrons. The minimum Gasteiger partial charge on any atom is -0.481 e. The van der Waals surface area contributed by atoms with Crippen molar-refractivity contribution in [3.63, 3.8) is 0 Å². The van der Waals surface area contributed by atoms with E-state index in [0.717, 1.165) is 24.3 Å². The fourth-order valence-corrected chi connectivity index (χ4v) is 5.43. The number of benzene rings is 2. The summed E-state index contributed by atoms with van der Waals surface area (Å²) in [6, 6.07) is 6.81. The molecule has 0 bridgehead atoms. The summed E-state index contributed by atoms with van der Waals surface area (Å²) in [5.41, 5.74) is -0.736. The van der Waals surface area contributed by atoms with Crippen LogP contribution in [0, 0.1) is 0 Å². The van der Waals surface area contributed by atoms with E-state index in [4.69, 9.17) is 5.11 Å². The van der Waals surface area contributed by atoms with Crippen LogP contribution in [0.1, 0.15) is 69.2 Å². The van der Waals surface area contributed by atoms with E-state index < -0.39 is 46.2 Å². The number of fused-ring (bicyclic) bond motifs is 1. The average Bonchev–Trinajstić information content (AvgIpc) is 3.17. The third kappa shape index (κ3) is 9.52. The molecule has 0 radical (unpaired) electrons. The maximum atomic E-state index is 13.5. The molecule has 1 aliphatic rings. The van der Waals surface area contributed by atoms with Crippen molar-refractivity contribution >= 4 is 23.3 Å². The van der Waals surface area contributed by atoms with Gasteiger partial charge in [0.1, 0.15) is 0 Å². The molecule has 2 aromatic rings. The average molecular weight is 665 g/mol. The van der Waals surface area contributed by atoms with E-state index in [1.54, 1.807) is 75.1 Å². The van der Waals surface area contributed by atoms with Crippen molar-refractivity contribution in [2.24, 2.45) is 0 Å². The fourth-order valence-electron chi connectivity index (χ4n) is 5.43. The predicted octanol–water partition coefficient (Wildman–Crippen LogP) is 9.10. The van der Waals surface area contributed by atoms with Gasteiger partial charge in [-0.25, -0.2) is 0 Å². The van der Waals surface area contributed by atoms with Gasteiger partial charge >= 0.3 is 24.3 Å². The number of allylic oxidation sites excluding steroid dienone is 8. The lowest BCUT2D eigenvalue weighted by Gasteiger charge is -2.28. The van der Waals surface area contributed by atoms with E-state index in [1.807, 2.05) is 0 Å². The molecule has 3 rings (SSSR count). The smallest absolute Gasteiger partial charge is 0.416 e. The number of hydrogen-bond acceptors (Lipinski definition) is 4. The minimum absolute atomic E-state index is 0.0556. The number of hydrogen-bond donors (Lipinski definition) is 3. The van der Waals surface area contributed by atoms with Crippen molar-refractivity contribution in [2.75, 3.05) is 23.3 Å². The zero-order valence-corrected chi connectivity index (χ0v) is 26.5. The molecule has 0 amide bonds. The Kier molecular flexibility index (Phi) is 11.4. The van der Waals surface area contributed by atoms with Crippen LogP contribution in [0.15, 0.2) is 84.6 Å². The zero-order valence-electron chi connectivity index (χ0n) is 26.5. The number of aliphatic carboxylic acids is 2. The molecule has 0 fully saturated rings. The van der Waals surface area contributed by atoms with Gasteiger partial charge in [-0.05, 0) is 65.4 Å². The molecule has 47 heavy (non-hydrogen) atoms. The van der Waals surface area contributed by atoms with Gasteiger partial charge in [-0.3, -0.25) is 9.59 Å². The lowest BCUT2D eigenvalue weighted by atomic mass is 9.79. The molecule has 0 spiro atoms. The SMILES string of the molecule is CC(C)(CC=CC=CC=CC=C1N(CCC(=O)O)c2ccc(C(F)(F)F)cc2C1(C)C)c1cc(C(F)(F)F)ccc1NCCC(=O)O. The number of nitrogens with zero attached hydrogens (tertiary/aromatic N) is 1. The van der Waals surface area contributed by atoms with Gasteiger partial charge < -0.3 is 20.4 Å². The van der Waals surface area contributed by atoms with Crippen molar-refractivity contribution in [3.8, 4) is 0 Å². The molecule has 0 saturated heterocycles. The zero-order chi connectivity index (χ0) is 35.2. The summed E-state index contributed by atoms with van der Waals surface area (Å²) in [7, 11) is 0. The summed E-state index contributed by atoms with van der Waals surface area (Å²) in [5.74, 6) is -2.06. The van der Waals surface area contributed by atoms with Crippen LogP contribution in [0.2, 0.25) is 0 Å². The summed E-state index contributed by atoms with van der Waals surface area (Å²) < 4.78 is 80.7. The van der Waals surface area contributed by atoms with E-state index in [9.17, 15) is 41.0 Å². The lowest BCUT2D eigenvalue weighted by Crippen LogP contribution is -2.28. The Bertz CT molecular complexity index is 1580. The molecule has 0 aliphatic carbocycles. The van der Waals surface area contributed by atoms with Gasteiger partial charge in [0, 0.05) is 35.6 Å². The normalized spacial score (nSPS) is 16.1. The van der Waals surface area contributed by atoms with Crippen LogP contribution in [0.25, 0.3) is 0 Å². The van der Waals surface area contributed by atoms with E-state index in [0.29, 0.717) is 34.6 Å². The molecule has 1 aliphatic heterocycles. The third-order valence-electron chi connectivity index (χ3n) is 7.96. The number of carbonyl (C=O) groups is 2.